The minimum Gasteiger partial charge on any atom is -0.496 e. The monoisotopic (exact) mass is 290 g/mol. The van der Waals surface area contributed by atoms with Gasteiger partial charge in [-0.2, -0.15) is 0 Å². The number of amides is 1. The third kappa shape index (κ3) is 3.61. The highest BCUT2D eigenvalue weighted by atomic mass is 16.5. The summed E-state index contributed by atoms with van der Waals surface area (Å²) in [5, 5.41) is 0. The van der Waals surface area contributed by atoms with Gasteiger partial charge >= 0.3 is 0 Å². The predicted molar refractivity (Wildman–Crippen MR) is 80.4 cm³/mol. The van der Waals surface area contributed by atoms with Crippen molar-refractivity contribution < 1.29 is 14.3 Å². The number of nitrogens with two attached hydrogens (primary N) is 1. The van der Waals surface area contributed by atoms with Gasteiger partial charge in [-0.3, -0.25) is 9.59 Å². The zero-order chi connectivity index (χ0) is 15.4. The second-order valence-electron chi connectivity index (χ2n) is 5.49. The third-order valence-electron chi connectivity index (χ3n) is 4.00. The fraction of sp³-hybridized carbons (Fsp3) is 0.500. The fourth-order valence-electron chi connectivity index (χ4n) is 2.66. The summed E-state index contributed by atoms with van der Waals surface area (Å²) in [5.74, 6) is 1.09. The van der Waals surface area contributed by atoms with Gasteiger partial charge in [-0.15, -0.1) is 0 Å². The second-order valence-corrected chi connectivity index (χ2v) is 5.49. The normalized spacial score (nSPS) is 17.9. The maximum Gasteiger partial charge on any atom is 0.227 e. The van der Waals surface area contributed by atoms with Crippen molar-refractivity contribution in [3.05, 3.63) is 29.3 Å². The largest absolute Gasteiger partial charge is 0.496 e. The molecule has 2 N–H and O–H groups in total. The van der Waals surface area contributed by atoms with E-state index in [-0.39, 0.29) is 18.1 Å². The molecule has 1 aliphatic heterocycles. The van der Waals surface area contributed by atoms with Gasteiger partial charge in [0.1, 0.15) is 5.75 Å². The van der Waals surface area contributed by atoms with Gasteiger partial charge in [-0.05, 0) is 44.0 Å². The van der Waals surface area contributed by atoms with Gasteiger partial charge < -0.3 is 15.4 Å². The molecule has 1 amide bonds. The van der Waals surface area contributed by atoms with E-state index in [1.165, 1.54) is 6.92 Å². The number of hydrogen-bond donors (Lipinski definition) is 1. The molecule has 5 nitrogen and oxygen atoms in total. The van der Waals surface area contributed by atoms with E-state index in [0.717, 1.165) is 25.1 Å². The maximum absolute atomic E-state index is 12.4. The smallest absolute Gasteiger partial charge is 0.227 e. The standard InChI is InChI=1S/C16H22N2O3/c1-11(19)13-3-4-15(21-2)14(7-13)8-16(20)18-6-5-12(9-17)10-18/h3-4,7,12H,5-6,8-10,17H2,1-2H3. The minimum absolute atomic E-state index is 0.0179. The summed E-state index contributed by atoms with van der Waals surface area (Å²) in [6, 6.07) is 5.21. The van der Waals surface area contributed by atoms with E-state index >= 15 is 0 Å². The predicted octanol–water partition coefficient (Wildman–Crippen LogP) is 1.25. The number of benzene rings is 1. The molecule has 1 unspecified atom stereocenters. The third-order valence-corrected chi connectivity index (χ3v) is 4.00. The first kappa shape index (κ1) is 15.5. The molecule has 0 spiro atoms. The first-order valence-electron chi connectivity index (χ1n) is 7.20. The number of likely N-dealkylation sites (tertiary alicyclic amines) is 1. The van der Waals surface area contributed by atoms with Crippen molar-refractivity contribution in [3.63, 3.8) is 0 Å². The number of nitrogens with zero attached hydrogens (tertiary/aromatic N) is 1. The van der Waals surface area contributed by atoms with Crippen molar-refractivity contribution in [1.29, 1.82) is 0 Å². The van der Waals surface area contributed by atoms with Crippen LogP contribution >= 0.6 is 0 Å². The van der Waals surface area contributed by atoms with Gasteiger partial charge in [0.2, 0.25) is 5.91 Å². The van der Waals surface area contributed by atoms with Crippen molar-refractivity contribution in [3.8, 4) is 5.75 Å². The zero-order valence-electron chi connectivity index (χ0n) is 12.6. The molecule has 1 aliphatic rings. The van der Waals surface area contributed by atoms with Crippen molar-refractivity contribution in [1.82, 2.24) is 4.90 Å². The van der Waals surface area contributed by atoms with Crippen molar-refractivity contribution in [2.45, 2.75) is 19.8 Å². The molecule has 0 aromatic heterocycles. The summed E-state index contributed by atoms with van der Waals surface area (Å²) in [7, 11) is 1.57. The Kier molecular flexibility index (Phi) is 4.96. The molecule has 0 bridgehead atoms. The Balaban J connectivity index is 2.12. The molecule has 21 heavy (non-hydrogen) atoms. The first-order valence-corrected chi connectivity index (χ1v) is 7.20. The lowest BCUT2D eigenvalue weighted by Gasteiger charge is -2.17. The molecule has 1 fully saturated rings. The average molecular weight is 290 g/mol. The molecule has 0 radical (unpaired) electrons. The van der Waals surface area contributed by atoms with Crippen molar-refractivity contribution in [2.75, 3.05) is 26.7 Å². The van der Waals surface area contributed by atoms with Crippen LogP contribution in [0.5, 0.6) is 5.75 Å². The van der Waals surface area contributed by atoms with E-state index in [4.69, 9.17) is 10.5 Å². The number of ketones is 1. The molecule has 1 aromatic rings. The van der Waals surface area contributed by atoms with E-state index in [9.17, 15) is 9.59 Å². The van der Waals surface area contributed by atoms with Gasteiger partial charge in [-0.1, -0.05) is 0 Å². The fourth-order valence-corrected chi connectivity index (χ4v) is 2.66. The molecule has 5 heteroatoms. The summed E-state index contributed by atoms with van der Waals surface area (Å²) in [6.07, 6.45) is 1.22. The number of methoxy groups -OCH3 is 1. The SMILES string of the molecule is COc1ccc(C(C)=O)cc1CC(=O)N1CCC(CN)C1. The quantitative estimate of drug-likeness (QED) is 0.828. The number of ether oxygens (including phenoxy) is 1. The van der Waals surface area contributed by atoms with Crippen LogP contribution in [-0.4, -0.2) is 43.3 Å². The topological polar surface area (TPSA) is 72.6 Å². The number of rotatable bonds is 5. The molecule has 2 rings (SSSR count). The molecule has 1 saturated heterocycles. The highest BCUT2D eigenvalue weighted by Crippen LogP contribution is 2.23. The van der Waals surface area contributed by atoms with E-state index in [1.807, 2.05) is 4.90 Å². The van der Waals surface area contributed by atoms with E-state index in [0.29, 0.717) is 23.8 Å². The van der Waals surface area contributed by atoms with Gasteiger partial charge in [0.25, 0.3) is 0 Å². The Bertz CT molecular complexity index is 542. The van der Waals surface area contributed by atoms with Crippen LogP contribution in [-0.2, 0) is 11.2 Å². The second kappa shape index (κ2) is 6.72. The van der Waals surface area contributed by atoms with Crippen LogP contribution in [0.15, 0.2) is 18.2 Å². The van der Waals surface area contributed by atoms with Gasteiger partial charge in [0, 0.05) is 24.2 Å². The lowest BCUT2D eigenvalue weighted by molar-refractivity contribution is -0.129. The number of carbonyl (C=O) groups excluding carboxylic acids is 2. The van der Waals surface area contributed by atoms with E-state index in [1.54, 1.807) is 25.3 Å². The molecular formula is C16H22N2O3. The van der Waals surface area contributed by atoms with Crippen LogP contribution in [0.25, 0.3) is 0 Å². The molecule has 1 atom stereocenters. The van der Waals surface area contributed by atoms with Gasteiger partial charge in [0.05, 0.1) is 13.5 Å². The zero-order valence-corrected chi connectivity index (χ0v) is 12.6. The Hall–Kier alpha value is -1.88. The summed E-state index contributed by atoms with van der Waals surface area (Å²) in [6.45, 7) is 3.62. The Morgan fingerprint density at radius 1 is 1.43 bits per heavy atom. The highest BCUT2D eigenvalue weighted by Gasteiger charge is 2.25. The Labute approximate surface area is 125 Å². The van der Waals surface area contributed by atoms with Crippen LogP contribution in [0.1, 0.15) is 29.3 Å². The minimum atomic E-state index is -0.0179. The summed E-state index contributed by atoms with van der Waals surface area (Å²) in [4.78, 5) is 25.7. The Morgan fingerprint density at radius 3 is 2.76 bits per heavy atom. The first-order chi connectivity index (χ1) is 10.0. The molecule has 1 aromatic carbocycles. The van der Waals surface area contributed by atoms with Gasteiger partial charge in [0.15, 0.2) is 5.78 Å². The van der Waals surface area contributed by atoms with Crippen molar-refractivity contribution in [2.24, 2.45) is 11.7 Å². The lowest BCUT2D eigenvalue weighted by atomic mass is 10.0. The van der Waals surface area contributed by atoms with Crippen LogP contribution in [0.2, 0.25) is 0 Å². The molecule has 0 saturated carbocycles. The number of carbonyl (C=O) groups is 2. The molecule has 114 valence electrons. The molecule has 1 heterocycles. The summed E-state index contributed by atoms with van der Waals surface area (Å²) < 4.78 is 5.28. The average Bonchev–Trinajstić information content (AvgIpc) is 2.96. The van der Waals surface area contributed by atoms with E-state index < -0.39 is 0 Å². The van der Waals surface area contributed by atoms with E-state index in [2.05, 4.69) is 0 Å². The van der Waals surface area contributed by atoms with Crippen LogP contribution in [0.3, 0.4) is 0 Å². The molecule has 0 aliphatic carbocycles. The molecular weight excluding hydrogens is 268 g/mol. The van der Waals surface area contributed by atoms with Crippen LogP contribution in [0, 0.1) is 5.92 Å². The maximum atomic E-state index is 12.4. The van der Waals surface area contributed by atoms with Gasteiger partial charge in [-0.25, -0.2) is 0 Å². The van der Waals surface area contributed by atoms with Crippen molar-refractivity contribution >= 4 is 11.7 Å². The number of hydrogen-bond acceptors (Lipinski definition) is 4. The number of Topliss-reactive ketones (excluding diaryl/α,β-unsaturated/α-hetero) is 1. The van der Waals surface area contributed by atoms with Crippen LogP contribution in [0.4, 0.5) is 0 Å². The lowest BCUT2D eigenvalue weighted by Crippen LogP contribution is -2.31. The highest BCUT2D eigenvalue weighted by molar-refractivity contribution is 5.94. The van der Waals surface area contributed by atoms with Crippen LogP contribution < -0.4 is 10.5 Å². The summed E-state index contributed by atoms with van der Waals surface area (Å²) in [5.41, 5.74) is 7.01. The summed E-state index contributed by atoms with van der Waals surface area (Å²) >= 11 is 0. The Morgan fingerprint density at radius 2 is 2.19 bits per heavy atom.